The maximum absolute atomic E-state index is 12.7. The van der Waals surface area contributed by atoms with Crippen LogP contribution in [0.15, 0.2) is 41.7 Å². The number of hydrogen-bond acceptors (Lipinski definition) is 4. The molecule has 0 N–H and O–H groups in total. The molecule has 8 heteroatoms. The molecule has 0 saturated carbocycles. The van der Waals surface area contributed by atoms with Gasteiger partial charge in [-0.3, -0.25) is 14.0 Å². The molecule has 1 saturated heterocycles. The fourth-order valence-corrected chi connectivity index (χ4v) is 3.39. The van der Waals surface area contributed by atoms with Gasteiger partial charge in [0.15, 0.2) is 0 Å². The molecule has 0 atom stereocenters. The van der Waals surface area contributed by atoms with Gasteiger partial charge in [0.05, 0.1) is 42.0 Å². The van der Waals surface area contributed by atoms with Gasteiger partial charge >= 0.3 is 0 Å². The highest BCUT2D eigenvalue weighted by molar-refractivity contribution is 6.34. The molecule has 0 unspecified atom stereocenters. The Labute approximate surface area is 154 Å². The minimum Gasteiger partial charge on any atom is -0.378 e. The van der Waals surface area contributed by atoms with Crippen molar-refractivity contribution in [3.63, 3.8) is 0 Å². The van der Waals surface area contributed by atoms with Crippen LogP contribution in [0.25, 0.3) is 16.8 Å². The number of aromatic nitrogens is 3. The van der Waals surface area contributed by atoms with Crippen molar-refractivity contribution in [1.29, 1.82) is 0 Å². The lowest BCUT2D eigenvalue weighted by Gasteiger charge is -2.27. The first kappa shape index (κ1) is 16.8. The smallest absolute Gasteiger partial charge is 0.276 e. The summed E-state index contributed by atoms with van der Waals surface area (Å²) >= 11 is 6.42. The van der Waals surface area contributed by atoms with Crippen molar-refractivity contribution >= 4 is 23.0 Å². The molecular formula is C18H17ClN4O3. The zero-order chi connectivity index (χ0) is 18.3. The average Bonchev–Trinajstić information content (AvgIpc) is 3.15. The van der Waals surface area contributed by atoms with Crippen LogP contribution in [0.5, 0.6) is 0 Å². The standard InChI is InChI=1S/C18H17ClN4O3/c1-21-10-16(23-11-20-9-15(23)18(21)25)12-2-3-13(14(19)8-12)17(24)22-4-6-26-7-5-22/h2-3,8-11H,4-7H2,1H3. The van der Waals surface area contributed by atoms with Crippen LogP contribution in [0.4, 0.5) is 0 Å². The maximum Gasteiger partial charge on any atom is 0.276 e. The van der Waals surface area contributed by atoms with Crippen LogP contribution >= 0.6 is 11.6 Å². The van der Waals surface area contributed by atoms with E-state index in [0.717, 1.165) is 11.3 Å². The number of aryl methyl sites for hydroxylation is 1. The van der Waals surface area contributed by atoms with Gasteiger partial charge < -0.3 is 14.2 Å². The van der Waals surface area contributed by atoms with Crippen molar-refractivity contribution < 1.29 is 9.53 Å². The molecule has 134 valence electrons. The van der Waals surface area contributed by atoms with Crippen molar-refractivity contribution in [1.82, 2.24) is 18.9 Å². The summed E-state index contributed by atoms with van der Waals surface area (Å²) in [5.41, 5.74) is 2.38. The quantitative estimate of drug-likeness (QED) is 0.688. The minimum atomic E-state index is -0.128. The number of morpholine rings is 1. The van der Waals surface area contributed by atoms with Crippen LogP contribution in [0.3, 0.4) is 0 Å². The minimum absolute atomic E-state index is 0.0990. The van der Waals surface area contributed by atoms with Crippen molar-refractivity contribution in [2.75, 3.05) is 26.3 Å². The zero-order valence-corrected chi connectivity index (χ0v) is 14.9. The fourth-order valence-electron chi connectivity index (χ4n) is 3.13. The highest BCUT2D eigenvalue weighted by Gasteiger charge is 2.21. The summed E-state index contributed by atoms with van der Waals surface area (Å²) in [6.07, 6.45) is 4.85. The first-order valence-corrected chi connectivity index (χ1v) is 8.62. The van der Waals surface area contributed by atoms with Gasteiger partial charge in [-0.1, -0.05) is 17.7 Å². The summed E-state index contributed by atoms with van der Waals surface area (Å²) in [4.78, 5) is 30.6. The molecule has 1 fully saturated rings. The number of fused-ring (bicyclic) bond motifs is 1. The molecule has 0 spiro atoms. The molecule has 1 aliphatic heterocycles. The number of imidazole rings is 1. The molecule has 7 nitrogen and oxygen atoms in total. The Morgan fingerprint density at radius 2 is 2.04 bits per heavy atom. The van der Waals surface area contributed by atoms with E-state index < -0.39 is 0 Å². The van der Waals surface area contributed by atoms with Crippen molar-refractivity contribution in [3.8, 4) is 11.3 Å². The lowest BCUT2D eigenvalue weighted by Crippen LogP contribution is -2.40. The third-order valence-corrected chi connectivity index (χ3v) is 4.86. The average molecular weight is 373 g/mol. The Bertz CT molecular complexity index is 1050. The number of carbonyl (C=O) groups is 1. The number of ether oxygens (including phenoxy) is 1. The van der Waals surface area contributed by atoms with E-state index in [1.165, 1.54) is 10.8 Å². The number of hydrogen-bond donors (Lipinski definition) is 0. The predicted octanol–water partition coefficient (Wildman–Crippen LogP) is 1.83. The van der Waals surface area contributed by atoms with E-state index in [2.05, 4.69) is 4.98 Å². The summed E-state index contributed by atoms with van der Waals surface area (Å²) in [6.45, 7) is 2.21. The molecule has 2 aromatic heterocycles. The number of benzene rings is 1. The van der Waals surface area contributed by atoms with E-state index in [9.17, 15) is 9.59 Å². The van der Waals surface area contributed by atoms with E-state index in [1.807, 2.05) is 6.07 Å². The number of carbonyl (C=O) groups excluding carboxylic acids is 1. The fraction of sp³-hybridized carbons (Fsp3) is 0.278. The van der Waals surface area contributed by atoms with E-state index in [4.69, 9.17) is 16.3 Å². The van der Waals surface area contributed by atoms with E-state index in [1.54, 1.807) is 41.0 Å². The second-order valence-electron chi connectivity index (χ2n) is 6.18. The van der Waals surface area contributed by atoms with Gasteiger partial charge in [0.1, 0.15) is 5.52 Å². The number of nitrogens with zero attached hydrogens (tertiary/aromatic N) is 4. The summed E-state index contributed by atoms with van der Waals surface area (Å²) in [5.74, 6) is -0.0990. The molecule has 0 radical (unpaired) electrons. The Morgan fingerprint density at radius 1 is 1.27 bits per heavy atom. The van der Waals surface area contributed by atoms with Gasteiger partial charge in [-0.25, -0.2) is 4.98 Å². The second kappa shape index (κ2) is 6.59. The highest BCUT2D eigenvalue weighted by atomic mass is 35.5. The van der Waals surface area contributed by atoms with Gasteiger partial charge in [-0.2, -0.15) is 0 Å². The normalized spacial score (nSPS) is 14.8. The molecule has 0 bridgehead atoms. The van der Waals surface area contributed by atoms with Gasteiger partial charge in [0.2, 0.25) is 0 Å². The summed E-state index contributed by atoms with van der Waals surface area (Å²) in [7, 11) is 1.69. The first-order chi connectivity index (χ1) is 12.6. The third-order valence-electron chi connectivity index (χ3n) is 4.55. The van der Waals surface area contributed by atoms with E-state index >= 15 is 0 Å². The van der Waals surface area contributed by atoms with Crippen LogP contribution in [0.2, 0.25) is 5.02 Å². The SMILES string of the molecule is Cn1cc(-c2ccc(C(=O)N3CCOCC3)c(Cl)c2)n2cncc2c1=O. The van der Waals surface area contributed by atoms with Crippen molar-refractivity contribution in [2.45, 2.75) is 0 Å². The lowest BCUT2D eigenvalue weighted by atomic mass is 10.1. The van der Waals surface area contributed by atoms with E-state index in [0.29, 0.717) is 42.4 Å². The summed E-state index contributed by atoms with van der Waals surface area (Å²) < 4.78 is 8.51. The molecule has 3 aromatic rings. The summed E-state index contributed by atoms with van der Waals surface area (Å²) in [5, 5.41) is 0.376. The van der Waals surface area contributed by atoms with Gasteiger partial charge in [0.25, 0.3) is 11.5 Å². The maximum atomic E-state index is 12.7. The Morgan fingerprint density at radius 3 is 2.77 bits per heavy atom. The Kier molecular flexibility index (Phi) is 4.26. The van der Waals surface area contributed by atoms with Crippen LogP contribution < -0.4 is 5.56 Å². The molecule has 1 amide bonds. The number of amides is 1. The molecule has 1 aliphatic rings. The number of rotatable bonds is 2. The summed E-state index contributed by atoms with van der Waals surface area (Å²) in [6, 6.07) is 5.30. The number of halogens is 1. The molecular weight excluding hydrogens is 356 g/mol. The van der Waals surface area contributed by atoms with Crippen molar-refractivity contribution in [3.05, 3.63) is 57.9 Å². The monoisotopic (exact) mass is 372 g/mol. The third kappa shape index (κ3) is 2.79. The van der Waals surface area contributed by atoms with E-state index in [-0.39, 0.29) is 11.5 Å². The Balaban J connectivity index is 1.75. The van der Waals surface area contributed by atoms with Crippen LogP contribution in [-0.2, 0) is 11.8 Å². The first-order valence-electron chi connectivity index (χ1n) is 8.25. The molecule has 26 heavy (non-hydrogen) atoms. The van der Waals surface area contributed by atoms with Gasteiger partial charge in [-0.15, -0.1) is 0 Å². The molecule has 0 aliphatic carbocycles. The van der Waals surface area contributed by atoms with Crippen LogP contribution in [-0.4, -0.2) is 51.1 Å². The molecule has 3 heterocycles. The van der Waals surface area contributed by atoms with Crippen molar-refractivity contribution in [2.24, 2.45) is 7.05 Å². The lowest BCUT2D eigenvalue weighted by molar-refractivity contribution is 0.0303. The van der Waals surface area contributed by atoms with Crippen LogP contribution in [0, 0.1) is 0 Å². The largest absolute Gasteiger partial charge is 0.378 e. The van der Waals surface area contributed by atoms with Crippen LogP contribution in [0.1, 0.15) is 10.4 Å². The topological polar surface area (TPSA) is 68.8 Å². The molecule has 1 aromatic carbocycles. The second-order valence-corrected chi connectivity index (χ2v) is 6.59. The molecule has 4 rings (SSSR count). The predicted molar refractivity (Wildman–Crippen MR) is 97.6 cm³/mol. The zero-order valence-electron chi connectivity index (χ0n) is 14.2. The van der Waals surface area contributed by atoms with Gasteiger partial charge in [-0.05, 0) is 12.1 Å². The Hall–Kier alpha value is -2.64. The van der Waals surface area contributed by atoms with Gasteiger partial charge in [0, 0.05) is 31.9 Å². The highest BCUT2D eigenvalue weighted by Crippen LogP contribution is 2.26.